The number of benzene rings is 3. The fourth-order valence-electron chi connectivity index (χ4n) is 6.38. The van der Waals surface area contributed by atoms with Gasteiger partial charge >= 0.3 is 18.1 Å². The molecule has 43 heavy (non-hydrogen) atoms. The Bertz CT molecular complexity index is 1410. The predicted octanol–water partition coefficient (Wildman–Crippen LogP) is 6.25. The minimum Gasteiger partial charge on any atom is -0.497 e. The Hall–Kier alpha value is -3.85. The van der Waals surface area contributed by atoms with Crippen molar-refractivity contribution in [3.05, 3.63) is 101 Å². The molecule has 1 heterocycles. The predicted molar refractivity (Wildman–Crippen MR) is 157 cm³/mol. The lowest BCUT2D eigenvalue weighted by Crippen LogP contribution is -2.54. The van der Waals surface area contributed by atoms with Gasteiger partial charge in [0.2, 0.25) is 0 Å². The third-order valence-corrected chi connectivity index (χ3v) is 8.65. The van der Waals surface area contributed by atoms with Crippen molar-refractivity contribution in [2.45, 2.75) is 56.3 Å². The van der Waals surface area contributed by atoms with Crippen LogP contribution in [0.3, 0.4) is 0 Å². The molecule has 0 bridgehead atoms. The van der Waals surface area contributed by atoms with E-state index in [0.29, 0.717) is 30.7 Å². The van der Waals surface area contributed by atoms with Crippen LogP contribution in [0.2, 0.25) is 0 Å². The fourth-order valence-corrected chi connectivity index (χ4v) is 6.38. The smallest absolute Gasteiger partial charge is 0.471 e. The van der Waals surface area contributed by atoms with Crippen molar-refractivity contribution in [1.29, 1.82) is 0 Å². The largest absolute Gasteiger partial charge is 0.497 e. The first-order chi connectivity index (χ1) is 20.7. The van der Waals surface area contributed by atoms with Crippen LogP contribution in [0.5, 0.6) is 5.75 Å². The van der Waals surface area contributed by atoms with Gasteiger partial charge in [0.1, 0.15) is 5.75 Å². The highest BCUT2D eigenvalue weighted by molar-refractivity contribution is 5.89. The Kier molecular flexibility index (Phi) is 9.40. The number of nitrogens with zero attached hydrogens (tertiary/aromatic N) is 2. The number of amides is 1. The highest BCUT2D eigenvalue weighted by Crippen LogP contribution is 2.46. The molecule has 0 radical (unpaired) electrons. The second-order valence-electron chi connectivity index (χ2n) is 11.5. The van der Waals surface area contributed by atoms with Crippen LogP contribution in [-0.2, 0) is 22.4 Å². The summed E-state index contributed by atoms with van der Waals surface area (Å²) in [7, 11) is 2.95. The van der Waals surface area contributed by atoms with Gasteiger partial charge in [0.15, 0.2) is 0 Å². The molecule has 9 heteroatoms. The van der Waals surface area contributed by atoms with Gasteiger partial charge in [-0.1, -0.05) is 54.6 Å². The molecule has 0 spiro atoms. The molecule has 5 rings (SSSR count). The number of carbonyl (C=O) groups is 2. The number of methoxy groups -OCH3 is 2. The molecule has 6 nitrogen and oxygen atoms in total. The third-order valence-electron chi connectivity index (χ3n) is 8.65. The summed E-state index contributed by atoms with van der Waals surface area (Å²) in [6, 6.07) is 23.9. The van der Waals surface area contributed by atoms with Crippen LogP contribution in [0.1, 0.15) is 52.2 Å². The van der Waals surface area contributed by atoms with Gasteiger partial charge in [-0.3, -0.25) is 9.69 Å². The molecular weight excluding hydrogens is 557 g/mol. The highest BCUT2D eigenvalue weighted by Gasteiger charge is 2.52. The number of likely N-dealkylation sites (tertiary alicyclic amines) is 1. The maximum absolute atomic E-state index is 13.9. The Balaban J connectivity index is 1.37. The lowest BCUT2D eigenvalue weighted by Gasteiger charge is -2.42. The highest BCUT2D eigenvalue weighted by atomic mass is 19.4. The lowest BCUT2D eigenvalue weighted by molar-refractivity contribution is -0.189. The number of hydrogen-bond acceptors (Lipinski definition) is 5. The van der Waals surface area contributed by atoms with Crippen LogP contribution in [0.15, 0.2) is 78.9 Å². The maximum Gasteiger partial charge on any atom is 0.471 e. The van der Waals surface area contributed by atoms with Gasteiger partial charge in [0, 0.05) is 24.5 Å². The van der Waals surface area contributed by atoms with Crippen LogP contribution in [0, 0.1) is 5.92 Å². The first-order valence-electron chi connectivity index (χ1n) is 14.6. The van der Waals surface area contributed by atoms with Crippen LogP contribution in [0.25, 0.3) is 0 Å². The van der Waals surface area contributed by atoms with Gasteiger partial charge in [-0.05, 0) is 79.0 Å². The Morgan fingerprint density at radius 2 is 1.63 bits per heavy atom. The summed E-state index contributed by atoms with van der Waals surface area (Å²) in [5.74, 6) is -1.31. The number of piperidine rings is 1. The molecular formula is C34H37F3N2O4. The van der Waals surface area contributed by atoms with E-state index in [-0.39, 0.29) is 24.5 Å². The van der Waals surface area contributed by atoms with Gasteiger partial charge in [0.25, 0.3) is 0 Å². The molecule has 2 aliphatic rings. The summed E-state index contributed by atoms with van der Waals surface area (Å²) in [5, 5.41) is 0. The van der Waals surface area contributed by atoms with E-state index in [1.807, 2.05) is 77.7 Å². The Labute approximate surface area is 250 Å². The van der Waals surface area contributed by atoms with Gasteiger partial charge in [-0.2, -0.15) is 13.2 Å². The minimum absolute atomic E-state index is 0.0779. The topological polar surface area (TPSA) is 59.1 Å². The van der Waals surface area contributed by atoms with Gasteiger partial charge < -0.3 is 14.4 Å². The number of ether oxygens (including phenoxy) is 2. The molecule has 0 aromatic heterocycles. The van der Waals surface area contributed by atoms with E-state index in [2.05, 4.69) is 0 Å². The SMILES string of the molecule is COC(=O)c1cccc(CC2CCN(CN(C(=O)C(F)(F)F)[C@@H]3C[C@H]3c3ccccc3)C(Cc3cccc(OC)c3)C2)c1. The molecule has 2 fully saturated rings. The van der Waals surface area contributed by atoms with Crippen molar-refractivity contribution in [2.75, 3.05) is 27.4 Å². The van der Waals surface area contributed by atoms with Crippen molar-refractivity contribution in [3.8, 4) is 5.75 Å². The van der Waals surface area contributed by atoms with Crippen LogP contribution in [0.4, 0.5) is 13.2 Å². The first kappa shape index (κ1) is 30.6. The number of carbonyl (C=O) groups excluding carboxylic acids is 2. The summed E-state index contributed by atoms with van der Waals surface area (Å²) in [4.78, 5) is 27.9. The molecule has 3 aromatic rings. The zero-order valence-electron chi connectivity index (χ0n) is 24.4. The standard InChI is InChI=1S/C34H37F3N2O4/c1-42-29-13-7-9-24(20-29)18-28-19-25(16-23-8-6-12-27(17-23)32(40)43-2)14-15-38(28)22-39(33(41)34(35,36)37)31-21-30(31)26-10-4-3-5-11-26/h3-13,17,20,25,28,30-31H,14-16,18-19,21-22H2,1-2H3/t25?,28?,30-,31+/m0/s1. The molecule has 1 aliphatic carbocycles. The van der Waals surface area contributed by atoms with E-state index in [0.717, 1.165) is 40.9 Å². The van der Waals surface area contributed by atoms with E-state index >= 15 is 0 Å². The van der Waals surface area contributed by atoms with Crippen molar-refractivity contribution in [3.63, 3.8) is 0 Å². The minimum atomic E-state index is -4.95. The summed E-state index contributed by atoms with van der Waals surface area (Å²) in [6.07, 6.45) is -1.60. The van der Waals surface area contributed by atoms with Crippen LogP contribution >= 0.6 is 0 Å². The van der Waals surface area contributed by atoms with Gasteiger partial charge in [-0.25, -0.2) is 4.79 Å². The molecule has 1 amide bonds. The number of alkyl halides is 3. The lowest BCUT2D eigenvalue weighted by atomic mass is 9.83. The van der Waals surface area contributed by atoms with E-state index < -0.39 is 24.1 Å². The monoisotopic (exact) mass is 594 g/mol. The van der Waals surface area contributed by atoms with Gasteiger partial charge in [-0.15, -0.1) is 0 Å². The summed E-state index contributed by atoms with van der Waals surface area (Å²) in [5.41, 5.74) is 3.47. The van der Waals surface area contributed by atoms with Crippen molar-refractivity contribution in [1.82, 2.24) is 9.80 Å². The molecule has 1 saturated carbocycles. The summed E-state index contributed by atoms with van der Waals surface area (Å²) in [6.45, 7) is 0.478. The number of hydrogen-bond donors (Lipinski definition) is 0. The van der Waals surface area contributed by atoms with Crippen LogP contribution in [-0.4, -0.2) is 67.4 Å². The number of rotatable bonds is 10. The second-order valence-corrected chi connectivity index (χ2v) is 11.5. The van der Waals surface area contributed by atoms with Crippen molar-refractivity contribution >= 4 is 11.9 Å². The van der Waals surface area contributed by atoms with E-state index in [9.17, 15) is 22.8 Å². The molecule has 3 aromatic carbocycles. The molecule has 0 N–H and O–H groups in total. The van der Waals surface area contributed by atoms with E-state index in [1.54, 1.807) is 13.2 Å². The number of esters is 1. The first-order valence-corrected chi connectivity index (χ1v) is 14.6. The maximum atomic E-state index is 13.9. The molecule has 1 saturated heterocycles. The second kappa shape index (κ2) is 13.2. The quantitative estimate of drug-likeness (QED) is 0.260. The zero-order chi connectivity index (χ0) is 30.6. The summed E-state index contributed by atoms with van der Waals surface area (Å²) >= 11 is 0. The molecule has 1 aliphatic heterocycles. The molecule has 228 valence electrons. The normalized spacial score (nSPS) is 22.1. The average Bonchev–Trinajstić information content (AvgIpc) is 3.81. The zero-order valence-corrected chi connectivity index (χ0v) is 24.4. The van der Waals surface area contributed by atoms with E-state index in [1.165, 1.54) is 7.11 Å². The van der Waals surface area contributed by atoms with E-state index in [4.69, 9.17) is 9.47 Å². The fraction of sp³-hybridized carbons (Fsp3) is 0.412. The molecule has 4 atom stereocenters. The molecule has 2 unspecified atom stereocenters. The Morgan fingerprint density at radius 1 is 0.907 bits per heavy atom. The van der Waals surface area contributed by atoms with Crippen molar-refractivity contribution in [2.24, 2.45) is 5.92 Å². The average molecular weight is 595 g/mol. The van der Waals surface area contributed by atoms with Gasteiger partial charge in [0.05, 0.1) is 26.5 Å². The third kappa shape index (κ3) is 7.57. The Morgan fingerprint density at radius 3 is 2.33 bits per heavy atom. The summed E-state index contributed by atoms with van der Waals surface area (Å²) < 4.78 is 51.9. The van der Waals surface area contributed by atoms with Crippen LogP contribution < -0.4 is 4.74 Å². The van der Waals surface area contributed by atoms with Crippen molar-refractivity contribution < 1.29 is 32.2 Å². The number of halogens is 3.